The minimum atomic E-state index is -0.324. The Morgan fingerprint density at radius 2 is 2.40 bits per heavy atom. The van der Waals surface area contributed by atoms with Crippen molar-refractivity contribution in [1.82, 2.24) is 9.55 Å². The highest BCUT2D eigenvalue weighted by atomic mass is 35.5. The van der Waals surface area contributed by atoms with Crippen molar-refractivity contribution in [3.8, 4) is 5.75 Å². The molecule has 1 rings (SSSR count). The molecule has 0 aliphatic carbocycles. The summed E-state index contributed by atoms with van der Waals surface area (Å²) in [6.45, 7) is 2.17. The van der Waals surface area contributed by atoms with Crippen LogP contribution in [0.1, 0.15) is 6.92 Å². The number of nitrogens with zero attached hydrogens (tertiary/aromatic N) is 2. The number of allylic oxidation sites excluding steroid dienone is 1. The van der Waals surface area contributed by atoms with Crippen LogP contribution in [0.2, 0.25) is 5.15 Å². The molecule has 15 heavy (non-hydrogen) atoms. The SMILES string of the molecule is COc1c(Cl)ncn(CC(C)=CCl)c1=O. The molecule has 1 heterocycles. The van der Waals surface area contributed by atoms with Crippen molar-refractivity contribution >= 4 is 23.2 Å². The third kappa shape index (κ3) is 2.73. The molecule has 0 amide bonds. The van der Waals surface area contributed by atoms with Gasteiger partial charge in [0.1, 0.15) is 0 Å². The van der Waals surface area contributed by atoms with Crippen molar-refractivity contribution in [2.24, 2.45) is 0 Å². The Labute approximate surface area is 97.1 Å². The molecule has 0 unspecified atom stereocenters. The zero-order chi connectivity index (χ0) is 11.4. The van der Waals surface area contributed by atoms with Crippen LogP contribution in [0.4, 0.5) is 0 Å². The fourth-order valence-electron chi connectivity index (χ4n) is 1.04. The third-order valence-electron chi connectivity index (χ3n) is 1.76. The molecule has 0 saturated carbocycles. The molecule has 0 aliphatic heterocycles. The highest BCUT2D eigenvalue weighted by Gasteiger charge is 2.09. The Hall–Kier alpha value is -1.00. The monoisotopic (exact) mass is 248 g/mol. The lowest BCUT2D eigenvalue weighted by molar-refractivity contribution is 0.400. The third-order valence-corrected chi connectivity index (χ3v) is 2.40. The van der Waals surface area contributed by atoms with Crippen LogP contribution >= 0.6 is 23.2 Å². The first-order chi connectivity index (χ1) is 7.10. The second-order valence-electron chi connectivity index (χ2n) is 2.96. The average molecular weight is 249 g/mol. The van der Waals surface area contributed by atoms with E-state index >= 15 is 0 Å². The highest BCUT2D eigenvalue weighted by Crippen LogP contribution is 2.15. The van der Waals surface area contributed by atoms with E-state index in [9.17, 15) is 4.79 Å². The van der Waals surface area contributed by atoms with E-state index in [1.165, 1.54) is 23.5 Å². The Morgan fingerprint density at radius 3 is 2.93 bits per heavy atom. The van der Waals surface area contributed by atoms with Crippen LogP contribution < -0.4 is 10.3 Å². The minimum Gasteiger partial charge on any atom is -0.489 e. The maximum absolute atomic E-state index is 11.7. The van der Waals surface area contributed by atoms with Gasteiger partial charge in [0.15, 0.2) is 5.15 Å². The molecule has 0 atom stereocenters. The molecule has 0 aliphatic rings. The molecule has 0 spiro atoms. The fourth-order valence-corrected chi connectivity index (χ4v) is 1.31. The van der Waals surface area contributed by atoms with E-state index in [-0.39, 0.29) is 16.5 Å². The van der Waals surface area contributed by atoms with Gasteiger partial charge in [-0.25, -0.2) is 4.98 Å². The van der Waals surface area contributed by atoms with Crippen molar-refractivity contribution in [3.63, 3.8) is 0 Å². The van der Waals surface area contributed by atoms with Crippen LogP contribution in [0.15, 0.2) is 22.2 Å². The highest BCUT2D eigenvalue weighted by molar-refractivity contribution is 6.30. The van der Waals surface area contributed by atoms with Crippen molar-refractivity contribution in [2.75, 3.05) is 7.11 Å². The van der Waals surface area contributed by atoms with E-state index in [0.717, 1.165) is 5.57 Å². The van der Waals surface area contributed by atoms with Crippen molar-refractivity contribution in [1.29, 1.82) is 0 Å². The fraction of sp³-hybridized carbons (Fsp3) is 0.333. The maximum atomic E-state index is 11.7. The van der Waals surface area contributed by atoms with Gasteiger partial charge in [-0.2, -0.15) is 0 Å². The summed E-state index contributed by atoms with van der Waals surface area (Å²) < 4.78 is 6.23. The lowest BCUT2D eigenvalue weighted by Crippen LogP contribution is -2.22. The smallest absolute Gasteiger partial charge is 0.297 e. The summed E-state index contributed by atoms with van der Waals surface area (Å²) >= 11 is 11.2. The van der Waals surface area contributed by atoms with Crippen LogP contribution in [-0.2, 0) is 6.54 Å². The lowest BCUT2D eigenvalue weighted by Gasteiger charge is -2.07. The average Bonchev–Trinajstić information content (AvgIpc) is 2.23. The van der Waals surface area contributed by atoms with E-state index in [1.807, 2.05) is 0 Å². The Balaban J connectivity index is 3.17. The van der Waals surface area contributed by atoms with E-state index < -0.39 is 0 Å². The van der Waals surface area contributed by atoms with Gasteiger partial charge in [-0.05, 0) is 12.5 Å². The summed E-state index contributed by atoms with van der Waals surface area (Å²) in [7, 11) is 1.37. The van der Waals surface area contributed by atoms with Gasteiger partial charge >= 0.3 is 0 Å². The summed E-state index contributed by atoms with van der Waals surface area (Å²) in [4.78, 5) is 15.5. The lowest BCUT2D eigenvalue weighted by atomic mass is 10.3. The standard InChI is InChI=1S/C9H10Cl2N2O2/c1-6(3-10)4-13-5-12-8(11)7(15-2)9(13)14/h3,5H,4H2,1-2H3. The van der Waals surface area contributed by atoms with Gasteiger partial charge < -0.3 is 4.74 Å². The Bertz CT molecular complexity index is 440. The molecule has 82 valence electrons. The van der Waals surface area contributed by atoms with Crippen molar-refractivity contribution < 1.29 is 4.74 Å². The van der Waals surface area contributed by atoms with Crippen LogP contribution in [0, 0.1) is 0 Å². The van der Waals surface area contributed by atoms with E-state index in [2.05, 4.69) is 4.98 Å². The zero-order valence-corrected chi connectivity index (χ0v) is 9.84. The first kappa shape index (κ1) is 12.1. The zero-order valence-electron chi connectivity index (χ0n) is 8.33. The molecule has 0 N–H and O–H groups in total. The minimum absolute atomic E-state index is 0.0431. The molecule has 6 heteroatoms. The first-order valence-electron chi connectivity index (χ1n) is 4.15. The molecule has 0 radical (unpaired) electrons. The molecule has 0 bridgehead atoms. The summed E-state index contributed by atoms with van der Waals surface area (Å²) in [6.07, 6.45) is 1.36. The number of hydrogen-bond donors (Lipinski definition) is 0. The number of methoxy groups -OCH3 is 1. The van der Waals surface area contributed by atoms with Crippen LogP contribution in [-0.4, -0.2) is 16.7 Å². The molecular formula is C9H10Cl2N2O2. The predicted octanol–water partition coefficient (Wildman–Crippen LogP) is 2.05. The van der Waals surface area contributed by atoms with Gasteiger partial charge in [0, 0.05) is 12.1 Å². The van der Waals surface area contributed by atoms with Gasteiger partial charge in [-0.1, -0.05) is 23.2 Å². The number of halogens is 2. The largest absolute Gasteiger partial charge is 0.489 e. The van der Waals surface area contributed by atoms with Crippen molar-refractivity contribution in [3.05, 3.63) is 32.9 Å². The molecule has 4 nitrogen and oxygen atoms in total. The van der Waals surface area contributed by atoms with Gasteiger partial charge in [-0.15, -0.1) is 0 Å². The van der Waals surface area contributed by atoms with E-state index in [4.69, 9.17) is 27.9 Å². The number of hydrogen-bond acceptors (Lipinski definition) is 3. The maximum Gasteiger partial charge on any atom is 0.297 e. The molecule has 1 aromatic rings. The normalized spacial score (nSPS) is 11.6. The summed E-state index contributed by atoms with van der Waals surface area (Å²) in [5.41, 5.74) is 1.92. The van der Waals surface area contributed by atoms with Crippen LogP contribution in [0.25, 0.3) is 0 Å². The summed E-state index contributed by atoms with van der Waals surface area (Å²) in [6, 6.07) is 0. The second kappa shape index (κ2) is 5.19. The predicted molar refractivity (Wildman–Crippen MR) is 59.7 cm³/mol. The van der Waals surface area contributed by atoms with Gasteiger partial charge in [0.25, 0.3) is 5.56 Å². The molecule has 0 fully saturated rings. The first-order valence-corrected chi connectivity index (χ1v) is 4.96. The second-order valence-corrected chi connectivity index (χ2v) is 3.53. The van der Waals surface area contributed by atoms with Gasteiger partial charge in [-0.3, -0.25) is 9.36 Å². The quantitative estimate of drug-likeness (QED) is 0.770. The van der Waals surface area contributed by atoms with Crippen LogP contribution in [0.3, 0.4) is 0 Å². The molecule has 0 saturated heterocycles. The topological polar surface area (TPSA) is 44.1 Å². The van der Waals surface area contributed by atoms with E-state index in [0.29, 0.717) is 6.54 Å². The Morgan fingerprint density at radius 1 is 1.73 bits per heavy atom. The Kier molecular flexibility index (Phi) is 4.17. The summed E-state index contributed by atoms with van der Waals surface area (Å²) in [5, 5.41) is 0.0613. The number of aromatic nitrogens is 2. The van der Waals surface area contributed by atoms with Gasteiger partial charge in [0.05, 0.1) is 13.4 Å². The molecule has 1 aromatic heterocycles. The number of rotatable bonds is 3. The number of ether oxygens (including phenoxy) is 1. The molecule has 0 aromatic carbocycles. The van der Waals surface area contributed by atoms with E-state index in [1.54, 1.807) is 6.92 Å². The van der Waals surface area contributed by atoms with Crippen LogP contribution in [0.5, 0.6) is 5.75 Å². The molecular weight excluding hydrogens is 239 g/mol. The summed E-state index contributed by atoms with van der Waals surface area (Å²) in [5.74, 6) is 0.0431. The van der Waals surface area contributed by atoms with Crippen molar-refractivity contribution in [2.45, 2.75) is 13.5 Å². The van der Waals surface area contributed by atoms with Gasteiger partial charge in [0.2, 0.25) is 5.75 Å².